The highest BCUT2D eigenvalue weighted by atomic mass is 32.1. The fraction of sp³-hybridized carbons (Fsp3) is 0. The first-order chi connectivity index (χ1) is 24.3. The summed E-state index contributed by atoms with van der Waals surface area (Å²) in [5.74, 6) is 0. The van der Waals surface area contributed by atoms with Gasteiger partial charge in [-0.1, -0.05) is 140 Å². The van der Waals surface area contributed by atoms with Crippen LogP contribution < -0.4 is 4.90 Å². The molecule has 2 nitrogen and oxygen atoms in total. The molecule has 0 atom stereocenters. The molecule has 0 N–H and O–H groups in total. The first-order valence-corrected chi connectivity index (χ1v) is 17.5. The van der Waals surface area contributed by atoms with E-state index in [1.54, 1.807) is 0 Å². The minimum absolute atomic E-state index is 1.13. The SMILES string of the molecule is c1ccc(-c2c3c4ccccc4c4ccccc4c3n3c2sc2c(-c4ccc(N(c5ccccc5)c5ccccc5)cc4)cccc23)cc1. The summed E-state index contributed by atoms with van der Waals surface area (Å²) in [6, 6.07) is 65.7. The van der Waals surface area contributed by atoms with Gasteiger partial charge in [-0.2, -0.15) is 0 Å². The summed E-state index contributed by atoms with van der Waals surface area (Å²) >= 11 is 1.90. The van der Waals surface area contributed by atoms with Crippen molar-refractivity contribution in [3.63, 3.8) is 0 Å². The van der Waals surface area contributed by atoms with Gasteiger partial charge in [0.1, 0.15) is 4.83 Å². The van der Waals surface area contributed by atoms with Crippen LogP contribution in [0.4, 0.5) is 17.1 Å². The molecule has 0 fully saturated rings. The molecule has 2 aromatic heterocycles. The Hall–Kier alpha value is -6.16. The molecule has 10 rings (SSSR count). The summed E-state index contributed by atoms with van der Waals surface area (Å²) in [6.45, 7) is 0. The number of para-hydroxylation sites is 2. The molecule has 49 heavy (non-hydrogen) atoms. The van der Waals surface area contributed by atoms with E-state index >= 15 is 0 Å². The van der Waals surface area contributed by atoms with E-state index < -0.39 is 0 Å². The average Bonchev–Trinajstić information content (AvgIpc) is 3.72. The van der Waals surface area contributed by atoms with E-state index in [4.69, 9.17) is 0 Å². The zero-order chi connectivity index (χ0) is 32.3. The Morgan fingerprint density at radius 3 is 1.59 bits per heavy atom. The third-order valence-electron chi connectivity index (χ3n) is 9.76. The minimum Gasteiger partial charge on any atom is -0.311 e. The predicted molar refractivity (Wildman–Crippen MR) is 211 cm³/mol. The fourth-order valence-electron chi connectivity index (χ4n) is 7.65. The molecule has 0 bridgehead atoms. The Balaban J connectivity index is 1.23. The summed E-state index contributed by atoms with van der Waals surface area (Å²) in [4.78, 5) is 3.59. The smallest absolute Gasteiger partial charge is 0.109 e. The number of hydrogen-bond acceptors (Lipinski definition) is 2. The van der Waals surface area contributed by atoms with E-state index in [1.165, 1.54) is 69.7 Å². The number of anilines is 3. The Labute approximate surface area is 288 Å². The van der Waals surface area contributed by atoms with Crippen LogP contribution in [0.3, 0.4) is 0 Å². The van der Waals surface area contributed by atoms with Gasteiger partial charge in [-0.3, -0.25) is 4.40 Å². The van der Waals surface area contributed by atoms with E-state index in [0.717, 1.165) is 17.1 Å². The van der Waals surface area contributed by atoms with Crippen molar-refractivity contribution in [2.24, 2.45) is 0 Å². The van der Waals surface area contributed by atoms with E-state index in [9.17, 15) is 0 Å². The molecule has 0 saturated heterocycles. The molecule has 0 saturated carbocycles. The molecule has 8 aromatic carbocycles. The summed E-state index contributed by atoms with van der Waals surface area (Å²) < 4.78 is 3.83. The molecule has 2 heterocycles. The molecule has 0 aliphatic heterocycles. The van der Waals surface area contributed by atoms with Crippen LogP contribution in [-0.2, 0) is 0 Å². The first-order valence-electron chi connectivity index (χ1n) is 16.7. The Kier molecular flexibility index (Phi) is 6.39. The number of fused-ring (bicyclic) bond motifs is 10. The van der Waals surface area contributed by atoms with Crippen LogP contribution in [0.2, 0.25) is 0 Å². The molecule has 0 aliphatic carbocycles. The lowest BCUT2D eigenvalue weighted by atomic mass is 9.94. The molecule has 0 radical (unpaired) electrons. The van der Waals surface area contributed by atoms with Crippen molar-refractivity contribution in [1.29, 1.82) is 0 Å². The average molecular weight is 643 g/mol. The van der Waals surface area contributed by atoms with Gasteiger partial charge in [0.05, 0.1) is 15.7 Å². The zero-order valence-electron chi connectivity index (χ0n) is 26.6. The third-order valence-corrected chi connectivity index (χ3v) is 11.0. The number of aromatic nitrogens is 1. The van der Waals surface area contributed by atoms with Crippen molar-refractivity contribution in [3.8, 4) is 22.3 Å². The maximum absolute atomic E-state index is 2.54. The van der Waals surface area contributed by atoms with Crippen molar-refractivity contribution in [1.82, 2.24) is 4.40 Å². The van der Waals surface area contributed by atoms with Crippen molar-refractivity contribution < 1.29 is 0 Å². The lowest BCUT2D eigenvalue weighted by molar-refractivity contribution is 1.28. The number of hydrogen-bond donors (Lipinski definition) is 0. The second-order valence-corrected chi connectivity index (χ2v) is 13.5. The van der Waals surface area contributed by atoms with Gasteiger partial charge in [0, 0.05) is 39.0 Å². The maximum atomic E-state index is 2.54. The highest BCUT2D eigenvalue weighted by Gasteiger charge is 2.24. The quantitative estimate of drug-likeness (QED) is 0.170. The first kappa shape index (κ1) is 27.9. The number of rotatable bonds is 5. The Morgan fingerprint density at radius 1 is 0.408 bits per heavy atom. The van der Waals surface area contributed by atoms with Gasteiger partial charge in [0.15, 0.2) is 0 Å². The second kappa shape index (κ2) is 11.2. The standard InChI is InChI=1S/C46H30N2S/c1-4-15-32(16-5-1)42-43-39-23-12-10-21-37(39)38-22-11-13-24-40(38)44(43)48-41-26-14-25-36(45(41)49-46(42)48)31-27-29-35(30-28-31)47(33-17-6-2-7-18-33)34-19-8-3-9-20-34/h1-30H. The normalized spacial score (nSPS) is 11.7. The topological polar surface area (TPSA) is 7.65 Å². The zero-order valence-corrected chi connectivity index (χ0v) is 27.4. The predicted octanol–water partition coefficient (Wildman–Crippen LogP) is 13.4. The van der Waals surface area contributed by atoms with Crippen LogP contribution in [0, 0.1) is 0 Å². The summed E-state index contributed by atoms with van der Waals surface area (Å²) in [5.41, 5.74) is 10.9. The van der Waals surface area contributed by atoms with Crippen molar-refractivity contribution in [2.45, 2.75) is 0 Å². The molecule has 0 spiro atoms. The molecule has 10 aromatic rings. The van der Waals surface area contributed by atoms with Crippen molar-refractivity contribution in [3.05, 3.63) is 182 Å². The van der Waals surface area contributed by atoms with Gasteiger partial charge in [-0.15, -0.1) is 11.3 Å². The van der Waals surface area contributed by atoms with Gasteiger partial charge in [-0.25, -0.2) is 0 Å². The molecular weight excluding hydrogens is 613 g/mol. The summed E-state index contributed by atoms with van der Waals surface area (Å²) in [6.07, 6.45) is 0. The van der Waals surface area contributed by atoms with Crippen LogP contribution in [0.5, 0.6) is 0 Å². The molecule has 0 aliphatic rings. The molecular formula is C46H30N2S. The van der Waals surface area contributed by atoms with E-state index in [1.807, 2.05) is 11.3 Å². The second-order valence-electron chi connectivity index (χ2n) is 12.5. The lowest BCUT2D eigenvalue weighted by Crippen LogP contribution is -2.09. The van der Waals surface area contributed by atoms with Crippen LogP contribution >= 0.6 is 11.3 Å². The van der Waals surface area contributed by atoms with Crippen LogP contribution in [0.1, 0.15) is 0 Å². The number of benzene rings is 8. The van der Waals surface area contributed by atoms with Gasteiger partial charge < -0.3 is 4.90 Å². The largest absolute Gasteiger partial charge is 0.311 e. The summed E-state index contributed by atoms with van der Waals surface area (Å²) in [7, 11) is 0. The van der Waals surface area contributed by atoms with E-state index in [2.05, 4.69) is 191 Å². The van der Waals surface area contributed by atoms with Crippen LogP contribution in [-0.4, -0.2) is 4.40 Å². The fourth-order valence-corrected chi connectivity index (χ4v) is 9.01. The number of nitrogens with zero attached hydrogens (tertiary/aromatic N) is 2. The molecule has 0 amide bonds. The maximum Gasteiger partial charge on any atom is 0.109 e. The van der Waals surface area contributed by atoms with Gasteiger partial charge in [0.25, 0.3) is 0 Å². The summed E-state index contributed by atoms with van der Waals surface area (Å²) in [5, 5.41) is 6.49. The highest BCUT2D eigenvalue weighted by molar-refractivity contribution is 7.25. The van der Waals surface area contributed by atoms with Crippen LogP contribution in [0.25, 0.3) is 69.7 Å². The van der Waals surface area contributed by atoms with E-state index in [-0.39, 0.29) is 0 Å². The van der Waals surface area contributed by atoms with Crippen molar-refractivity contribution >= 4 is 75.9 Å². The molecule has 3 heteroatoms. The lowest BCUT2D eigenvalue weighted by Gasteiger charge is -2.25. The van der Waals surface area contributed by atoms with Gasteiger partial charge in [0.2, 0.25) is 0 Å². The third kappa shape index (κ3) is 4.33. The molecule has 230 valence electrons. The van der Waals surface area contributed by atoms with E-state index in [0.29, 0.717) is 0 Å². The van der Waals surface area contributed by atoms with Crippen molar-refractivity contribution in [2.75, 3.05) is 4.90 Å². The monoisotopic (exact) mass is 642 g/mol. The Morgan fingerprint density at radius 2 is 0.939 bits per heavy atom. The Bertz CT molecular complexity index is 2760. The number of thiazole rings is 1. The van der Waals surface area contributed by atoms with Crippen LogP contribution in [0.15, 0.2) is 182 Å². The molecule has 0 unspecified atom stereocenters. The minimum atomic E-state index is 1.13. The van der Waals surface area contributed by atoms with Gasteiger partial charge in [-0.05, 0) is 69.8 Å². The highest BCUT2D eigenvalue weighted by Crippen LogP contribution is 2.49. The van der Waals surface area contributed by atoms with Gasteiger partial charge >= 0.3 is 0 Å².